The molecule has 1 aliphatic rings. The first-order valence-corrected chi connectivity index (χ1v) is 8.91. The van der Waals surface area contributed by atoms with Crippen LogP contribution in [0.2, 0.25) is 5.02 Å². The molecule has 0 spiro atoms. The minimum absolute atomic E-state index is 0.0466. The Morgan fingerprint density at radius 3 is 2.58 bits per heavy atom. The fraction of sp³-hybridized carbons (Fsp3) is 0.200. The first kappa shape index (κ1) is 16.8. The van der Waals surface area contributed by atoms with Crippen molar-refractivity contribution in [2.24, 2.45) is 5.73 Å². The molecule has 1 aromatic heterocycles. The van der Waals surface area contributed by atoms with Crippen molar-refractivity contribution < 1.29 is 4.79 Å². The Bertz CT molecular complexity index is 921. The zero-order valence-corrected chi connectivity index (χ0v) is 14.9. The van der Waals surface area contributed by atoms with Gasteiger partial charge in [0.15, 0.2) is 0 Å². The molecule has 0 radical (unpaired) electrons. The van der Waals surface area contributed by atoms with Gasteiger partial charge in [0.1, 0.15) is 0 Å². The second-order valence-electron chi connectivity index (χ2n) is 6.43. The average molecular weight is 367 g/mol. The molecule has 0 bridgehead atoms. The lowest BCUT2D eigenvalue weighted by Gasteiger charge is -2.22. The van der Waals surface area contributed by atoms with E-state index >= 15 is 0 Å². The highest BCUT2D eigenvalue weighted by Gasteiger charge is 2.32. The third-order valence-corrected chi connectivity index (χ3v) is 5.07. The van der Waals surface area contributed by atoms with E-state index in [0.717, 1.165) is 28.1 Å². The van der Waals surface area contributed by atoms with E-state index in [1.165, 1.54) is 0 Å². The standard InChI is InChI=1S/C20H19ClN4O/c21-15-8-6-14(7-9-15)19-17-11-25(12-18(17)23-24-19)20(26)16(10-22)13-4-2-1-3-5-13/h1-9,16H,10-12,22H2,(H,23,24). The molecule has 3 aromatic rings. The third-order valence-electron chi connectivity index (χ3n) is 4.82. The van der Waals surface area contributed by atoms with Gasteiger partial charge in [0.05, 0.1) is 30.4 Å². The van der Waals surface area contributed by atoms with E-state index in [1.54, 1.807) is 0 Å². The fourth-order valence-corrected chi connectivity index (χ4v) is 3.55. The number of nitrogens with two attached hydrogens (primary N) is 1. The molecule has 6 heteroatoms. The molecule has 1 aliphatic heterocycles. The average Bonchev–Trinajstić information content (AvgIpc) is 3.25. The van der Waals surface area contributed by atoms with Crippen LogP contribution < -0.4 is 5.73 Å². The number of hydrogen-bond donors (Lipinski definition) is 2. The van der Waals surface area contributed by atoms with Crippen molar-refractivity contribution in [2.75, 3.05) is 6.54 Å². The van der Waals surface area contributed by atoms with Gasteiger partial charge in [-0.2, -0.15) is 5.10 Å². The number of aromatic nitrogens is 2. The molecule has 1 amide bonds. The molecule has 1 atom stereocenters. The summed E-state index contributed by atoms with van der Waals surface area (Å²) in [5.74, 6) is -0.280. The van der Waals surface area contributed by atoms with Crippen molar-refractivity contribution in [3.8, 4) is 11.3 Å². The first-order chi connectivity index (χ1) is 12.7. The molecule has 4 rings (SSSR count). The van der Waals surface area contributed by atoms with Crippen LogP contribution in [0.3, 0.4) is 0 Å². The predicted molar refractivity (Wildman–Crippen MR) is 102 cm³/mol. The van der Waals surface area contributed by atoms with Crippen molar-refractivity contribution in [2.45, 2.75) is 19.0 Å². The number of fused-ring (bicyclic) bond motifs is 1. The molecule has 0 fully saturated rings. The largest absolute Gasteiger partial charge is 0.332 e. The quantitative estimate of drug-likeness (QED) is 0.743. The second-order valence-corrected chi connectivity index (χ2v) is 6.87. The Balaban J connectivity index is 1.57. The molecule has 5 nitrogen and oxygen atoms in total. The van der Waals surface area contributed by atoms with Crippen LogP contribution in [0.4, 0.5) is 0 Å². The van der Waals surface area contributed by atoms with Gasteiger partial charge in [0.25, 0.3) is 0 Å². The van der Waals surface area contributed by atoms with Crippen LogP contribution in [-0.4, -0.2) is 27.5 Å². The SMILES string of the molecule is NCC(C(=O)N1Cc2[nH]nc(-c3ccc(Cl)cc3)c2C1)c1ccccc1. The topological polar surface area (TPSA) is 75.0 Å². The van der Waals surface area contributed by atoms with Crippen molar-refractivity contribution in [3.05, 3.63) is 76.4 Å². The van der Waals surface area contributed by atoms with Gasteiger partial charge in [-0.25, -0.2) is 0 Å². The number of hydrogen-bond acceptors (Lipinski definition) is 3. The summed E-state index contributed by atoms with van der Waals surface area (Å²) < 4.78 is 0. The van der Waals surface area contributed by atoms with Gasteiger partial charge in [0.2, 0.25) is 5.91 Å². The first-order valence-electron chi connectivity index (χ1n) is 8.53. The van der Waals surface area contributed by atoms with Crippen LogP contribution in [0.15, 0.2) is 54.6 Å². The van der Waals surface area contributed by atoms with Gasteiger partial charge in [-0.3, -0.25) is 9.89 Å². The van der Waals surface area contributed by atoms with Gasteiger partial charge in [-0.05, 0) is 17.7 Å². The molecule has 26 heavy (non-hydrogen) atoms. The lowest BCUT2D eigenvalue weighted by molar-refractivity contribution is -0.133. The van der Waals surface area contributed by atoms with E-state index in [0.29, 0.717) is 18.1 Å². The summed E-state index contributed by atoms with van der Waals surface area (Å²) in [5.41, 5.74) is 10.8. The summed E-state index contributed by atoms with van der Waals surface area (Å²) in [5, 5.41) is 8.18. The molecule has 3 N–H and O–H groups in total. The van der Waals surface area contributed by atoms with Crippen LogP contribution in [0.5, 0.6) is 0 Å². The summed E-state index contributed by atoms with van der Waals surface area (Å²) in [4.78, 5) is 14.9. The number of rotatable bonds is 4. The Morgan fingerprint density at radius 1 is 1.15 bits per heavy atom. The summed E-state index contributed by atoms with van der Waals surface area (Å²) in [6.07, 6.45) is 0. The number of nitrogens with zero attached hydrogens (tertiary/aromatic N) is 2. The lowest BCUT2D eigenvalue weighted by atomic mass is 9.98. The fourth-order valence-electron chi connectivity index (χ4n) is 3.43. The minimum Gasteiger partial charge on any atom is -0.332 e. The highest BCUT2D eigenvalue weighted by Crippen LogP contribution is 2.32. The number of halogens is 1. The van der Waals surface area contributed by atoms with Crippen LogP contribution in [0.1, 0.15) is 22.7 Å². The van der Waals surface area contributed by atoms with E-state index in [4.69, 9.17) is 17.3 Å². The van der Waals surface area contributed by atoms with Crippen molar-refractivity contribution >= 4 is 17.5 Å². The molecular weight excluding hydrogens is 348 g/mol. The zero-order valence-electron chi connectivity index (χ0n) is 14.2. The van der Waals surface area contributed by atoms with Gasteiger partial charge in [0, 0.05) is 22.7 Å². The normalized spacial score (nSPS) is 14.3. The molecule has 1 unspecified atom stereocenters. The van der Waals surface area contributed by atoms with E-state index in [9.17, 15) is 4.79 Å². The van der Waals surface area contributed by atoms with Crippen LogP contribution in [0, 0.1) is 0 Å². The maximum absolute atomic E-state index is 13.0. The van der Waals surface area contributed by atoms with Crippen molar-refractivity contribution in [1.82, 2.24) is 15.1 Å². The highest BCUT2D eigenvalue weighted by molar-refractivity contribution is 6.30. The van der Waals surface area contributed by atoms with Crippen molar-refractivity contribution in [3.63, 3.8) is 0 Å². The lowest BCUT2D eigenvalue weighted by Crippen LogP contribution is -2.34. The number of H-pyrrole nitrogens is 1. The van der Waals surface area contributed by atoms with Crippen LogP contribution in [-0.2, 0) is 17.9 Å². The van der Waals surface area contributed by atoms with Gasteiger partial charge in [-0.15, -0.1) is 0 Å². The summed E-state index contributed by atoms with van der Waals surface area (Å²) in [6.45, 7) is 1.35. The molecule has 0 saturated heterocycles. The molecule has 0 saturated carbocycles. The van der Waals surface area contributed by atoms with E-state index in [1.807, 2.05) is 59.5 Å². The summed E-state index contributed by atoms with van der Waals surface area (Å²) in [7, 11) is 0. The van der Waals surface area contributed by atoms with Gasteiger partial charge >= 0.3 is 0 Å². The smallest absolute Gasteiger partial charge is 0.232 e. The number of aromatic amines is 1. The summed E-state index contributed by atoms with van der Waals surface area (Å²) in [6, 6.07) is 17.3. The van der Waals surface area contributed by atoms with Crippen LogP contribution >= 0.6 is 11.6 Å². The van der Waals surface area contributed by atoms with Gasteiger partial charge in [-0.1, -0.05) is 54.1 Å². The van der Waals surface area contributed by atoms with E-state index in [2.05, 4.69) is 10.2 Å². The summed E-state index contributed by atoms with van der Waals surface area (Å²) >= 11 is 5.97. The third kappa shape index (κ3) is 3.00. The number of carbonyl (C=O) groups excluding carboxylic acids is 1. The number of carbonyl (C=O) groups is 1. The zero-order chi connectivity index (χ0) is 18.1. The number of nitrogens with one attached hydrogen (secondary N) is 1. The number of amides is 1. The van der Waals surface area contributed by atoms with E-state index in [-0.39, 0.29) is 18.4 Å². The molecule has 132 valence electrons. The molecule has 2 aromatic carbocycles. The van der Waals surface area contributed by atoms with Gasteiger partial charge < -0.3 is 10.6 Å². The van der Waals surface area contributed by atoms with E-state index < -0.39 is 0 Å². The minimum atomic E-state index is -0.327. The molecule has 2 heterocycles. The maximum Gasteiger partial charge on any atom is 0.232 e. The monoisotopic (exact) mass is 366 g/mol. The highest BCUT2D eigenvalue weighted by atomic mass is 35.5. The number of benzene rings is 2. The molecular formula is C20H19ClN4O. The molecule has 0 aliphatic carbocycles. The maximum atomic E-state index is 13.0. The Morgan fingerprint density at radius 2 is 1.88 bits per heavy atom. The second kappa shape index (κ2) is 6.94. The Hall–Kier alpha value is -2.63. The Labute approximate surface area is 156 Å². The predicted octanol–water partition coefficient (Wildman–Crippen LogP) is 3.31. The Kier molecular flexibility index (Phi) is 4.49. The van der Waals surface area contributed by atoms with Crippen LogP contribution in [0.25, 0.3) is 11.3 Å². The van der Waals surface area contributed by atoms with Crippen molar-refractivity contribution in [1.29, 1.82) is 0 Å².